The summed E-state index contributed by atoms with van der Waals surface area (Å²) in [6.07, 6.45) is 7.62. The summed E-state index contributed by atoms with van der Waals surface area (Å²) in [5, 5.41) is 3.95. The fraction of sp³-hybridized carbons (Fsp3) is 0.368. The lowest BCUT2D eigenvalue weighted by Crippen LogP contribution is -2.46. The Hall–Kier alpha value is -3.03. The number of hydrogen-bond acceptors (Lipinski definition) is 5. The van der Waals surface area contributed by atoms with E-state index in [-0.39, 0.29) is 17.8 Å². The highest BCUT2D eigenvalue weighted by Gasteiger charge is 2.24. The molecule has 140 valence electrons. The molecule has 1 aliphatic heterocycles. The van der Waals surface area contributed by atoms with E-state index in [4.69, 9.17) is 0 Å². The number of likely N-dealkylation sites (tertiary alicyclic amines) is 1. The Morgan fingerprint density at radius 1 is 1.41 bits per heavy atom. The largest absolute Gasteiger partial charge is 0.365 e. The highest BCUT2D eigenvalue weighted by atomic mass is 19.1. The van der Waals surface area contributed by atoms with Crippen LogP contribution in [0.25, 0.3) is 22.4 Å². The monoisotopic (exact) mass is 368 g/mol. The summed E-state index contributed by atoms with van der Waals surface area (Å²) in [4.78, 5) is 29.5. The van der Waals surface area contributed by atoms with E-state index in [9.17, 15) is 9.18 Å². The third-order valence-corrected chi connectivity index (χ3v) is 4.97. The molecule has 0 spiro atoms. The van der Waals surface area contributed by atoms with E-state index in [1.807, 2.05) is 17.0 Å². The molecule has 4 rings (SSSR count). The molecule has 1 amide bonds. The summed E-state index contributed by atoms with van der Waals surface area (Å²) in [5.74, 6) is 0.107. The van der Waals surface area contributed by atoms with Gasteiger partial charge in [0, 0.05) is 49.4 Å². The molecule has 0 aromatic carbocycles. The number of nitrogens with zero attached hydrogens (tertiary/aromatic N) is 4. The van der Waals surface area contributed by atoms with Crippen molar-refractivity contribution in [3.05, 3.63) is 36.5 Å². The first-order valence-corrected chi connectivity index (χ1v) is 9.09. The normalized spacial score (nSPS) is 17.3. The van der Waals surface area contributed by atoms with E-state index in [1.165, 1.54) is 6.20 Å². The molecule has 0 bridgehead atoms. The Kier molecular flexibility index (Phi) is 4.70. The number of nitrogens with one attached hydrogen (secondary N) is 2. The summed E-state index contributed by atoms with van der Waals surface area (Å²) in [5.41, 5.74) is 1.50. The lowest BCUT2D eigenvalue weighted by atomic mass is 10.0. The predicted octanol–water partition coefficient (Wildman–Crippen LogP) is 2.97. The molecule has 3 aromatic heterocycles. The topological polar surface area (TPSA) is 86.8 Å². The zero-order chi connectivity index (χ0) is 18.8. The average molecular weight is 368 g/mol. The van der Waals surface area contributed by atoms with E-state index < -0.39 is 5.82 Å². The second-order valence-electron chi connectivity index (χ2n) is 6.73. The third-order valence-electron chi connectivity index (χ3n) is 4.97. The molecule has 8 heteroatoms. The molecule has 2 N–H and O–H groups in total. The van der Waals surface area contributed by atoms with Crippen molar-refractivity contribution in [1.82, 2.24) is 24.8 Å². The molecular formula is C19H21FN6O. The van der Waals surface area contributed by atoms with Gasteiger partial charge in [-0.25, -0.2) is 19.3 Å². The maximum absolute atomic E-state index is 14.2. The van der Waals surface area contributed by atoms with Crippen molar-refractivity contribution in [2.45, 2.75) is 32.2 Å². The van der Waals surface area contributed by atoms with Crippen LogP contribution in [0.15, 0.2) is 30.7 Å². The number of piperidine rings is 1. The van der Waals surface area contributed by atoms with Gasteiger partial charge >= 0.3 is 0 Å². The van der Waals surface area contributed by atoms with E-state index >= 15 is 0 Å². The van der Waals surface area contributed by atoms with Gasteiger partial charge in [-0.3, -0.25) is 4.79 Å². The van der Waals surface area contributed by atoms with Crippen LogP contribution in [-0.4, -0.2) is 49.9 Å². The smallest absolute Gasteiger partial charge is 0.219 e. The molecule has 0 aliphatic carbocycles. The Labute approximate surface area is 156 Å². The maximum Gasteiger partial charge on any atom is 0.219 e. The number of aromatic amines is 1. The van der Waals surface area contributed by atoms with Crippen molar-refractivity contribution in [2.75, 3.05) is 18.4 Å². The molecule has 4 heterocycles. The van der Waals surface area contributed by atoms with E-state index in [2.05, 4.69) is 25.3 Å². The van der Waals surface area contributed by atoms with Crippen molar-refractivity contribution in [3.63, 3.8) is 0 Å². The lowest BCUT2D eigenvalue weighted by molar-refractivity contribution is -0.132. The van der Waals surface area contributed by atoms with Crippen LogP contribution in [0.1, 0.15) is 26.2 Å². The van der Waals surface area contributed by atoms with Crippen molar-refractivity contribution in [3.8, 4) is 11.4 Å². The standard InChI is InChI=1S/C19H21FN6O/c1-12(27)26-8-3-2-5-13(26)9-22-19-16(20)11-24-18(25-19)15-10-23-17-14(15)6-4-7-21-17/h4,6-7,10-11,13H,2-3,5,8-9H2,1H3,(H,21,23)(H,22,24,25)/t13-/m1/s1. The minimum Gasteiger partial charge on any atom is -0.365 e. The summed E-state index contributed by atoms with van der Waals surface area (Å²) in [6.45, 7) is 2.79. The van der Waals surface area contributed by atoms with Crippen molar-refractivity contribution < 1.29 is 9.18 Å². The van der Waals surface area contributed by atoms with Crippen molar-refractivity contribution in [1.29, 1.82) is 0 Å². The number of pyridine rings is 1. The van der Waals surface area contributed by atoms with Gasteiger partial charge in [0.05, 0.1) is 6.20 Å². The lowest BCUT2D eigenvalue weighted by Gasteiger charge is -2.35. The highest BCUT2D eigenvalue weighted by molar-refractivity contribution is 5.91. The molecule has 27 heavy (non-hydrogen) atoms. The van der Waals surface area contributed by atoms with Crippen molar-refractivity contribution in [2.24, 2.45) is 0 Å². The molecule has 0 radical (unpaired) electrons. The minimum atomic E-state index is -0.512. The first-order valence-electron chi connectivity index (χ1n) is 9.09. The maximum atomic E-state index is 14.2. The first-order chi connectivity index (χ1) is 13.1. The van der Waals surface area contributed by atoms with Crippen molar-refractivity contribution >= 4 is 22.8 Å². The van der Waals surface area contributed by atoms with Crippen LogP contribution in [0, 0.1) is 5.82 Å². The second-order valence-corrected chi connectivity index (χ2v) is 6.73. The Balaban J connectivity index is 1.57. The summed E-state index contributed by atoms with van der Waals surface area (Å²) in [7, 11) is 0. The molecule has 0 unspecified atom stereocenters. The molecule has 1 saturated heterocycles. The van der Waals surface area contributed by atoms with Gasteiger partial charge < -0.3 is 15.2 Å². The van der Waals surface area contributed by atoms with Gasteiger partial charge in [0.15, 0.2) is 17.5 Å². The molecule has 1 aliphatic rings. The van der Waals surface area contributed by atoms with Crippen LogP contribution >= 0.6 is 0 Å². The Bertz CT molecular complexity index is 972. The molecule has 1 atom stereocenters. The van der Waals surface area contributed by atoms with Crippen LogP contribution in [-0.2, 0) is 4.79 Å². The summed E-state index contributed by atoms with van der Waals surface area (Å²) in [6, 6.07) is 3.80. The molecule has 3 aromatic rings. The zero-order valence-corrected chi connectivity index (χ0v) is 15.1. The van der Waals surface area contributed by atoms with E-state index in [0.29, 0.717) is 12.4 Å². The minimum absolute atomic E-state index is 0.0476. The summed E-state index contributed by atoms with van der Waals surface area (Å²) >= 11 is 0. The van der Waals surface area contributed by atoms with E-state index in [1.54, 1.807) is 19.3 Å². The van der Waals surface area contributed by atoms with E-state index in [0.717, 1.165) is 42.4 Å². The fourth-order valence-corrected chi connectivity index (χ4v) is 3.60. The number of rotatable bonds is 4. The first kappa shape index (κ1) is 17.4. The SMILES string of the molecule is CC(=O)N1CCCC[C@@H]1CNc1nc(-c2c[nH]c3ncccc23)ncc1F. The van der Waals surface area contributed by atoms with Gasteiger partial charge in [0.25, 0.3) is 0 Å². The van der Waals surface area contributed by atoms with Crippen LogP contribution in [0.3, 0.4) is 0 Å². The van der Waals surface area contributed by atoms with Crippen LogP contribution in [0.2, 0.25) is 0 Å². The highest BCUT2D eigenvalue weighted by Crippen LogP contribution is 2.26. The number of fused-ring (bicyclic) bond motifs is 1. The number of H-pyrrole nitrogens is 1. The number of anilines is 1. The van der Waals surface area contributed by atoms with Crippen LogP contribution in [0.5, 0.6) is 0 Å². The molecule has 0 saturated carbocycles. The Morgan fingerprint density at radius 3 is 3.15 bits per heavy atom. The summed E-state index contributed by atoms with van der Waals surface area (Å²) < 4.78 is 14.2. The van der Waals surface area contributed by atoms with Gasteiger partial charge in [0.1, 0.15) is 5.65 Å². The van der Waals surface area contributed by atoms with Gasteiger partial charge in [-0.05, 0) is 31.4 Å². The Morgan fingerprint density at radius 2 is 2.30 bits per heavy atom. The zero-order valence-electron chi connectivity index (χ0n) is 15.1. The number of hydrogen-bond donors (Lipinski definition) is 2. The molecular weight excluding hydrogens is 347 g/mol. The molecule has 7 nitrogen and oxygen atoms in total. The van der Waals surface area contributed by atoms with Gasteiger partial charge in [0.2, 0.25) is 5.91 Å². The number of carbonyl (C=O) groups excluding carboxylic acids is 1. The fourth-order valence-electron chi connectivity index (χ4n) is 3.60. The van der Waals surface area contributed by atoms with Crippen LogP contribution in [0.4, 0.5) is 10.2 Å². The molecule has 1 fully saturated rings. The number of aromatic nitrogens is 4. The number of amides is 1. The average Bonchev–Trinajstić information content (AvgIpc) is 3.12. The quantitative estimate of drug-likeness (QED) is 0.739. The van der Waals surface area contributed by atoms with Crippen LogP contribution < -0.4 is 5.32 Å². The number of carbonyl (C=O) groups is 1. The number of halogens is 1. The third kappa shape index (κ3) is 3.47. The van der Waals surface area contributed by atoms with Gasteiger partial charge in [-0.1, -0.05) is 0 Å². The predicted molar refractivity (Wildman–Crippen MR) is 101 cm³/mol. The van der Waals surface area contributed by atoms with Gasteiger partial charge in [-0.2, -0.15) is 0 Å². The second kappa shape index (κ2) is 7.30. The van der Waals surface area contributed by atoms with Gasteiger partial charge in [-0.15, -0.1) is 0 Å².